The van der Waals surface area contributed by atoms with Crippen molar-refractivity contribution in [2.45, 2.75) is 13.1 Å². The molecule has 0 atom stereocenters. The van der Waals surface area contributed by atoms with Crippen molar-refractivity contribution in [2.75, 3.05) is 0 Å². The standard InChI is InChI=1S/C7H7N3O2/c11-3-6-4-1-8-2-5(4)9-7(12)10-6/h3,8H,1-2H2,(H,9,10,12). The molecule has 0 aliphatic carbocycles. The quantitative estimate of drug-likeness (QED) is 0.533. The topological polar surface area (TPSA) is 74.8 Å². The zero-order valence-electron chi connectivity index (χ0n) is 6.26. The van der Waals surface area contributed by atoms with E-state index in [1.165, 1.54) is 0 Å². The smallest absolute Gasteiger partial charge is 0.308 e. The third-order valence-electron chi connectivity index (χ3n) is 1.87. The van der Waals surface area contributed by atoms with Crippen LogP contribution in [0.25, 0.3) is 0 Å². The highest BCUT2D eigenvalue weighted by Crippen LogP contribution is 2.11. The van der Waals surface area contributed by atoms with E-state index >= 15 is 0 Å². The van der Waals surface area contributed by atoms with E-state index in [9.17, 15) is 9.59 Å². The molecule has 2 N–H and O–H groups in total. The van der Waals surface area contributed by atoms with Gasteiger partial charge in [-0.3, -0.25) is 4.79 Å². The van der Waals surface area contributed by atoms with Gasteiger partial charge in [-0.05, 0) is 0 Å². The van der Waals surface area contributed by atoms with Gasteiger partial charge >= 0.3 is 5.69 Å². The Morgan fingerprint density at radius 2 is 2.25 bits per heavy atom. The number of H-pyrrole nitrogens is 1. The fraction of sp³-hybridized carbons (Fsp3) is 0.286. The number of hydrogen-bond acceptors (Lipinski definition) is 4. The molecule has 1 aliphatic rings. The Morgan fingerprint density at radius 3 is 3.00 bits per heavy atom. The Balaban J connectivity index is 2.70. The van der Waals surface area contributed by atoms with Gasteiger partial charge in [0.15, 0.2) is 6.29 Å². The first kappa shape index (κ1) is 7.17. The number of aromatic amines is 1. The number of nitrogens with one attached hydrogen (secondary N) is 2. The maximum absolute atomic E-state index is 10.9. The SMILES string of the molecule is O=Cc1nc(=O)[nH]c2c1CNC2. The van der Waals surface area contributed by atoms with Crippen LogP contribution in [0.3, 0.4) is 0 Å². The van der Waals surface area contributed by atoms with Crippen molar-refractivity contribution in [3.05, 3.63) is 27.4 Å². The summed E-state index contributed by atoms with van der Waals surface area (Å²) in [7, 11) is 0. The number of carbonyl (C=O) groups is 1. The molecule has 0 radical (unpaired) electrons. The molecule has 2 heterocycles. The van der Waals surface area contributed by atoms with E-state index in [0.717, 1.165) is 11.3 Å². The first-order chi connectivity index (χ1) is 5.81. The van der Waals surface area contributed by atoms with E-state index in [1.54, 1.807) is 0 Å². The predicted octanol–water partition coefficient (Wildman–Crippen LogP) is -0.814. The molecule has 1 aromatic rings. The van der Waals surface area contributed by atoms with Crippen molar-refractivity contribution in [1.82, 2.24) is 15.3 Å². The van der Waals surface area contributed by atoms with Gasteiger partial charge in [-0.1, -0.05) is 0 Å². The van der Waals surface area contributed by atoms with Gasteiger partial charge in [0.2, 0.25) is 0 Å². The van der Waals surface area contributed by atoms with Gasteiger partial charge in [0.05, 0.1) is 0 Å². The maximum atomic E-state index is 10.9. The summed E-state index contributed by atoms with van der Waals surface area (Å²) in [6.45, 7) is 1.21. The van der Waals surface area contributed by atoms with Crippen LogP contribution in [0.4, 0.5) is 0 Å². The van der Waals surface area contributed by atoms with Crippen molar-refractivity contribution in [2.24, 2.45) is 0 Å². The van der Waals surface area contributed by atoms with E-state index in [0.29, 0.717) is 19.4 Å². The van der Waals surface area contributed by atoms with Crippen molar-refractivity contribution in [3.8, 4) is 0 Å². The Kier molecular flexibility index (Phi) is 1.51. The summed E-state index contributed by atoms with van der Waals surface area (Å²) in [4.78, 5) is 27.4. The van der Waals surface area contributed by atoms with Crippen LogP contribution in [0, 0.1) is 0 Å². The minimum atomic E-state index is -0.459. The number of carbonyl (C=O) groups excluding carboxylic acids is 1. The van der Waals surface area contributed by atoms with Crippen LogP contribution in [0.1, 0.15) is 21.7 Å². The van der Waals surface area contributed by atoms with Crippen molar-refractivity contribution < 1.29 is 4.79 Å². The summed E-state index contributed by atoms with van der Waals surface area (Å²) >= 11 is 0. The minimum absolute atomic E-state index is 0.249. The Bertz CT molecular complexity index is 383. The van der Waals surface area contributed by atoms with Gasteiger partial charge in [0.1, 0.15) is 5.69 Å². The summed E-state index contributed by atoms with van der Waals surface area (Å²) in [6.07, 6.45) is 0.612. The molecule has 2 rings (SSSR count). The molecule has 0 unspecified atom stereocenters. The van der Waals surface area contributed by atoms with E-state index in [4.69, 9.17) is 0 Å². The molecule has 1 aliphatic heterocycles. The van der Waals surface area contributed by atoms with Gasteiger partial charge in [0, 0.05) is 24.3 Å². The van der Waals surface area contributed by atoms with Gasteiger partial charge in [0.25, 0.3) is 0 Å². The third-order valence-corrected chi connectivity index (χ3v) is 1.87. The molecule has 0 aromatic carbocycles. The number of rotatable bonds is 1. The lowest BCUT2D eigenvalue weighted by Crippen LogP contribution is -2.16. The maximum Gasteiger partial charge on any atom is 0.345 e. The van der Waals surface area contributed by atoms with Crippen LogP contribution in [0.5, 0.6) is 0 Å². The van der Waals surface area contributed by atoms with E-state index in [2.05, 4.69) is 15.3 Å². The molecule has 0 fully saturated rings. The number of nitrogens with zero attached hydrogens (tertiary/aromatic N) is 1. The lowest BCUT2D eigenvalue weighted by Gasteiger charge is -1.97. The second-order valence-corrected chi connectivity index (χ2v) is 2.61. The summed E-state index contributed by atoms with van der Waals surface area (Å²) in [5, 5.41) is 3.02. The van der Waals surface area contributed by atoms with Gasteiger partial charge < -0.3 is 10.3 Å². The minimum Gasteiger partial charge on any atom is -0.308 e. The van der Waals surface area contributed by atoms with Crippen molar-refractivity contribution in [1.29, 1.82) is 0 Å². The molecule has 5 nitrogen and oxygen atoms in total. The second-order valence-electron chi connectivity index (χ2n) is 2.61. The lowest BCUT2D eigenvalue weighted by molar-refractivity contribution is 0.111. The zero-order valence-corrected chi connectivity index (χ0v) is 6.26. The van der Waals surface area contributed by atoms with Crippen LogP contribution in [-0.4, -0.2) is 16.3 Å². The first-order valence-corrected chi connectivity index (χ1v) is 3.59. The fourth-order valence-electron chi connectivity index (χ4n) is 1.32. The lowest BCUT2D eigenvalue weighted by atomic mass is 10.2. The number of hydrogen-bond donors (Lipinski definition) is 2. The fourth-order valence-corrected chi connectivity index (χ4v) is 1.32. The van der Waals surface area contributed by atoms with Crippen LogP contribution in [0.2, 0.25) is 0 Å². The normalized spacial score (nSPS) is 14.3. The van der Waals surface area contributed by atoms with Crippen molar-refractivity contribution >= 4 is 6.29 Å². The molecule has 0 saturated heterocycles. The molecule has 0 spiro atoms. The van der Waals surface area contributed by atoms with Crippen LogP contribution in [0.15, 0.2) is 4.79 Å². The van der Waals surface area contributed by atoms with Crippen LogP contribution >= 0.6 is 0 Å². The highest BCUT2D eigenvalue weighted by atomic mass is 16.1. The van der Waals surface area contributed by atoms with Gasteiger partial charge in [-0.15, -0.1) is 0 Å². The molecular weight excluding hydrogens is 158 g/mol. The van der Waals surface area contributed by atoms with Crippen LogP contribution < -0.4 is 11.0 Å². The van der Waals surface area contributed by atoms with Gasteiger partial charge in [-0.2, -0.15) is 4.98 Å². The molecule has 5 heteroatoms. The number of fused-ring (bicyclic) bond motifs is 1. The number of aromatic nitrogens is 2. The molecule has 0 saturated carbocycles. The summed E-state index contributed by atoms with van der Waals surface area (Å²) < 4.78 is 0. The predicted molar refractivity (Wildman–Crippen MR) is 40.8 cm³/mol. The van der Waals surface area contributed by atoms with E-state index in [-0.39, 0.29) is 5.69 Å². The first-order valence-electron chi connectivity index (χ1n) is 3.59. The Morgan fingerprint density at radius 1 is 1.42 bits per heavy atom. The van der Waals surface area contributed by atoms with Gasteiger partial charge in [-0.25, -0.2) is 4.79 Å². The molecule has 0 amide bonds. The van der Waals surface area contributed by atoms with E-state index < -0.39 is 5.69 Å². The molecule has 62 valence electrons. The molecule has 1 aromatic heterocycles. The van der Waals surface area contributed by atoms with Crippen LogP contribution in [-0.2, 0) is 13.1 Å². The Labute approximate surface area is 67.8 Å². The zero-order chi connectivity index (χ0) is 8.55. The van der Waals surface area contributed by atoms with E-state index in [1.807, 2.05) is 0 Å². The molecule has 12 heavy (non-hydrogen) atoms. The molecule has 0 bridgehead atoms. The summed E-state index contributed by atoms with van der Waals surface area (Å²) in [5.41, 5.74) is 1.38. The summed E-state index contributed by atoms with van der Waals surface area (Å²) in [5.74, 6) is 0. The second kappa shape index (κ2) is 2.53. The van der Waals surface area contributed by atoms with Crippen molar-refractivity contribution in [3.63, 3.8) is 0 Å². The number of aldehydes is 1. The largest absolute Gasteiger partial charge is 0.345 e. The highest BCUT2D eigenvalue weighted by Gasteiger charge is 2.15. The highest BCUT2D eigenvalue weighted by molar-refractivity contribution is 5.74. The third kappa shape index (κ3) is 0.947. The average Bonchev–Trinajstić information content (AvgIpc) is 2.50. The Hall–Kier alpha value is -1.49. The summed E-state index contributed by atoms with van der Waals surface area (Å²) in [6, 6.07) is 0. The monoisotopic (exact) mass is 165 g/mol. The molecular formula is C7H7N3O2. The average molecular weight is 165 g/mol.